The van der Waals surface area contributed by atoms with Crippen LogP contribution in [0.2, 0.25) is 0 Å². The van der Waals surface area contributed by atoms with Crippen molar-refractivity contribution >= 4 is 17.7 Å². The fraction of sp³-hybridized carbons (Fsp3) is 0.462. The maximum absolute atomic E-state index is 11.2. The van der Waals surface area contributed by atoms with Gasteiger partial charge in [0.05, 0.1) is 6.61 Å². The molecule has 0 aromatic heterocycles. The second-order valence-electron chi connectivity index (χ2n) is 3.94. The van der Waals surface area contributed by atoms with Gasteiger partial charge in [-0.15, -0.1) is 0 Å². The summed E-state index contributed by atoms with van der Waals surface area (Å²) in [5, 5.41) is 0.671. The Morgan fingerprint density at radius 1 is 1.44 bits per heavy atom. The van der Waals surface area contributed by atoms with Crippen LogP contribution in [0.5, 0.6) is 5.75 Å². The van der Waals surface area contributed by atoms with Crippen LogP contribution in [0.15, 0.2) is 24.3 Å². The van der Waals surface area contributed by atoms with E-state index >= 15 is 0 Å². The van der Waals surface area contributed by atoms with Crippen LogP contribution >= 0.6 is 11.8 Å². The summed E-state index contributed by atoms with van der Waals surface area (Å²) in [6.07, 6.45) is 1.17. The number of nitrogens with one attached hydrogen (secondary N) is 1. The number of hydrazine groups is 1. The van der Waals surface area contributed by atoms with E-state index in [1.54, 1.807) is 24.3 Å². The number of hydrogen-bond donors (Lipinski definition) is 2. The van der Waals surface area contributed by atoms with Crippen molar-refractivity contribution in [3.05, 3.63) is 29.8 Å². The van der Waals surface area contributed by atoms with Gasteiger partial charge in [0.25, 0.3) is 5.91 Å². The molecule has 0 aliphatic heterocycles. The minimum atomic E-state index is -0.297. The number of carbonyl (C=O) groups excluding carboxylic acids is 1. The van der Waals surface area contributed by atoms with E-state index in [1.165, 1.54) is 6.42 Å². The molecule has 1 aromatic carbocycles. The van der Waals surface area contributed by atoms with Gasteiger partial charge in [0.1, 0.15) is 5.75 Å². The highest BCUT2D eigenvalue weighted by molar-refractivity contribution is 7.99. The van der Waals surface area contributed by atoms with E-state index in [0.29, 0.717) is 17.4 Å². The van der Waals surface area contributed by atoms with Crippen LogP contribution in [0.1, 0.15) is 30.6 Å². The van der Waals surface area contributed by atoms with Crippen molar-refractivity contribution in [1.82, 2.24) is 5.43 Å². The van der Waals surface area contributed by atoms with E-state index in [2.05, 4.69) is 19.3 Å². The summed E-state index contributed by atoms with van der Waals surface area (Å²) < 4.78 is 5.59. The molecule has 5 heteroatoms. The molecule has 0 fully saturated rings. The molecule has 0 aliphatic carbocycles. The summed E-state index contributed by atoms with van der Waals surface area (Å²) in [5.74, 6) is 6.49. The Kier molecular flexibility index (Phi) is 6.60. The fourth-order valence-corrected chi connectivity index (χ4v) is 2.13. The number of carbonyl (C=O) groups is 1. The number of benzene rings is 1. The maximum Gasteiger partial charge on any atom is 0.265 e. The van der Waals surface area contributed by atoms with Gasteiger partial charge in [-0.1, -0.05) is 13.8 Å². The normalized spacial score (nSPS) is 11.9. The van der Waals surface area contributed by atoms with Gasteiger partial charge in [-0.25, -0.2) is 5.84 Å². The predicted molar refractivity (Wildman–Crippen MR) is 75.8 cm³/mol. The molecule has 1 unspecified atom stereocenters. The molecule has 0 saturated heterocycles. The summed E-state index contributed by atoms with van der Waals surface area (Å²) in [6, 6.07) is 6.94. The summed E-state index contributed by atoms with van der Waals surface area (Å²) >= 11 is 1.90. The lowest BCUT2D eigenvalue weighted by molar-refractivity contribution is 0.0953. The molecular weight excluding hydrogens is 248 g/mol. The topological polar surface area (TPSA) is 64.3 Å². The molecule has 1 aromatic rings. The Hall–Kier alpha value is -1.20. The lowest BCUT2D eigenvalue weighted by Crippen LogP contribution is -2.29. The maximum atomic E-state index is 11.2. The average molecular weight is 268 g/mol. The van der Waals surface area contributed by atoms with Crippen molar-refractivity contribution in [1.29, 1.82) is 0 Å². The number of hydrogen-bond acceptors (Lipinski definition) is 4. The highest BCUT2D eigenvalue weighted by Gasteiger charge is 2.03. The molecule has 0 heterocycles. The van der Waals surface area contributed by atoms with Gasteiger partial charge in [0.15, 0.2) is 0 Å². The van der Waals surface area contributed by atoms with E-state index in [9.17, 15) is 4.79 Å². The van der Waals surface area contributed by atoms with Crippen LogP contribution in [0.3, 0.4) is 0 Å². The van der Waals surface area contributed by atoms with E-state index in [1.807, 2.05) is 11.8 Å². The van der Waals surface area contributed by atoms with E-state index < -0.39 is 0 Å². The Balaban J connectivity index is 2.33. The molecule has 0 spiro atoms. The second kappa shape index (κ2) is 8.00. The first kappa shape index (κ1) is 14.9. The molecule has 3 N–H and O–H groups in total. The van der Waals surface area contributed by atoms with Crippen LogP contribution in [-0.4, -0.2) is 23.5 Å². The first-order valence-corrected chi connectivity index (χ1v) is 7.07. The number of nitrogens with two attached hydrogens (primary N) is 1. The van der Waals surface area contributed by atoms with Crippen molar-refractivity contribution in [2.75, 3.05) is 12.4 Å². The Labute approximate surface area is 112 Å². The number of rotatable bonds is 7. The summed E-state index contributed by atoms with van der Waals surface area (Å²) in [7, 11) is 0. The van der Waals surface area contributed by atoms with Gasteiger partial charge < -0.3 is 4.74 Å². The van der Waals surface area contributed by atoms with E-state index in [0.717, 1.165) is 11.5 Å². The zero-order valence-corrected chi connectivity index (χ0v) is 11.6. The number of ether oxygens (including phenoxy) is 1. The molecule has 0 saturated carbocycles. The Morgan fingerprint density at radius 2 is 2.11 bits per heavy atom. The largest absolute Gasteiger partial charge is 0.493 e. The van der Waals surface area contributed by atoms with Gasteiger partial charge in [0.2, 0.25) is 0 Å². The third-order valence-electron chi connectivity index (χ3n) is 2.58. The van der Waals surface area contributed by atoms with E-state index in [-0.39, 0.29) is 5.91 Å². The third-order valence-corrected chi connectivity index (χ3v) is 3.88. The van der Waals surface area contributed by atoms with Crippen molar-refractivity contribution < 1.29 is 9.53 Å². The van der Waals surface area contributed by atoms with Crippen LogP contribution in [0, 0.1) is 0 Å². The number of thioether (sulfide) groups is 1. The molecular formula is C13H20N2O2S. The Morgan fingerprint density at radius 3 is 2.67 bits per heavy atom. The molecule has 4 nitrogen and oxygen atoms in total. The summed E-state index contributed by atoms with van der Waals surface area (Å²) in [4.78, 5) is 11.2. The molecule has 0 radical (unpaired) electrons. The molecule has 18 heavy (non-hydrogen) atoms. The summed E-state index contributed by atoms with van der Waals surface area (Å²) in [6.45, 7) is 5.07. The molecule has 0 aliphatic rings. The smallest absolute Gasteiger partial charge is 0.265 e. The zero-order valence-electron chi connectivity index (χ0n) is 10.8. The van der Waals surface area contributed by atoms with Crippen molar-refractivity contribution in [2.24, 2.45) is 5.84 Å². The predicted octanol–water partition coefficient (Wildman–Crippen LogP) is 2.20. The third kappa shape index (κ3) is 4.98. The average Bonchev–Trinajstić information content (AvgIpc) is 2.43. The minimum Gasteiger partial charge on any atom is -0.493 e. The van der Waals surface area contributed by atoms with Crippen LogP contribution in [0.25, 0.3) is 0 Å². The monoisotopic (exact) mass is 268 g/mol. The van der Waals surface area contributed by atoms with Crippen LogP contribution in [-0.2, 0) is 0 Å². The quantitative estimate of drug-likeness (QED) is 0.344. The number of amides is 1. The van der Waals surface area contributed by atoms with Crippen LogP contribution in [0.4, 0.5) is 0 Å². The minimum absolute atomic E-state index is 0.297. The van der Waals surface area contributed by atoms with Crippen molar-refractivity contribution in [3.8, 4) is 5.75 Å². The highest BCUT2D eigenvalue weighted by atomic mass is 32.2. The lowest BCUT2D eigenvalue weighted by Gasteiger charge is -2.09. The van der Waals surface area contributed by atoms with Crippen molar-refractivity contribution in [2.45, 2.75) is 25.5 Å². The molecule has 1 rings (SSSR count). The molecule has 0 bridgehead atoms. The first-order valence-electron chi connectivity index (χ1n) is 6.02. The Bertz CT molecular complexity index is 368. The van der Waals surface area contributed by atoms with Gasteiger partial charge in [-0.3, -0.25) is 10.2 Å². The molecule has 1 atom stereocenters. The van der Waals surface area contributed by atoms with Gasteiger partial charge in [0, 0.05) is 16.6 Å². The van der Waals surface area contributed by atoms with Gasteiger partial charge in [-0.2, -0.15) is 11.8 Å². The zero-order chi connectivity index (χ0) is 13.4. The van der Waals surface area contributed by atoms with Gasteiger partial charge in [-0.05, 0) is 30.7 Å². The first-order chi connectivity index (χ1) is 8.67. The van der Waals surface area contributed by atoms with Crippen LogP contribution < -0.4 is 16.0 Å². The van der Waals surface area contributed by atoms with E-state index in [4.69, 9.17) is 10.6 Å². The van der Waals surface area contributed by atoms with Crippen molar-refractivity contribution in [3.63, 3.8) is 0 Å². The highest BCUT2D eigenvalue weighted by Crippen LogP contribution is 2.15. The molecule has 100 valence electrons. The SMILES string of the molecule is CCC(C)SCCOc1ccc(C(=O)NN)cc1. The second-order valence-corrected chi connectivity index (χ2v) is 5.48. The molecule has 1 amide bonds. The van der Waals surface area contributed by atoms with Gasteiger partial charge >= 0.3 is 0 Å². The summed E-state index contributed by atoms with van der Waals surface area (Å²) in [5.41, 5.74) is 2.62. The lowest BCUT2D eigenvalue weighted by atomic mass is 10.2. The standard InChI is InChI=1S/C13H20N2O2S/c1-3-10(2)18-9-8-17-12-6-4-11(5-7-12)13(16)15-14/h4-7,10H,3,8-9,14H2,1-2H3,(H,15,16). The fourth-order valence-electron chi connectivity index (χ4n) is 1.31. The number of nitrogen functional groups attached to an aromatic ring is 1.